The Hall–Kier alpha value is -3.21. The van der Waals surface area contributed by atoms with Crippen LogP contribution in [0.25, 0.3) is 10.9 Å². The minimum absolute atomic E-state index is 0.0140. The summed E-state index contributed by atoms with van der Waals surface area (Å²) in [4.78, 5) is 4.37. The minimum Gasteiger partial charge on any atom is -0.468 e. The van der Waals surface area contributed by atoms with E-state index in [9.17, 15) is 16.8 Å². The number of hydrogen-bond acceptors (Lipinski definition) is 7. The van der Waals surface area contributed by atoms with Gasteiger partial charge in [-0.3, -0.25) is 4.98 Å². The van der Waals surface area contributed by atoms with E-state index in [1.165, 1.54) is 28.8 Å². The summed E-state index contributed by atoms with van der Waals surface area (Å²) in [6.07, 6.45) is 3.99. The molecule has 0 radical (unpaired) electrons. The normalized spacial score (nSPS) is 12.3. The molecule has 4 aromatic rings. The smallest absolute Gasteiger partial charge is 0.306 e. The van der Waals surface area contributed by atoms with Gasteiger partial charge in [0, 0.05) is 18.1 Å². The Balaban J connectivity index is 1.70. The second kappa shape index (κ2) is 8.73. The summed E-state index contributed by atoms with van der Waals surface area (Å²) in [7, 11) is -7.61. The van der Waals surface area contributed by atoms with E-state index in [0.29, 0.717) is 22.2 Å². The Labute approximate surface area is 186 Å². The predicted molar refractivity (Wildman–Crippen MR) is 119 cm³/mol. The molecule has 32 heavy (non-hydrogen) atoms. The van der Waals surface area contributed by atoms with E-state index in [4.69, 9.17) is 8.60 Å². The van der Waals surface area contributed by atoms with Crippen LogP contribution in [-0.2, 0) is 33.2 Å². The van der Waals surface area contributed by atoms with Crippen molar-refractivity contribution in [3.63, 3.8) is 0 Å². The monoisotopic (exact) mass is 472 g/mol. The summed E-state index contributed by atoms with van der Waals surface area (Å²) >= 11 is 0. The molecular weight excluding hydrogens is 452 g/mol. The van der Waals surface area contributed by atoms with Gasteiger partial charge in [-0.05, 0) is 42.0 Å². The first-order valence-electron chi connectivity index (χ1n) is 9.57. The van der Waals surface area contributed by atoms with Crippen molar-refractivity contribution in [2.24, 2.45) is 0 Å². The van der Waals surface area contributed by atoms with Crippen LogP contribution < -0.4 is 4.18 Å². The maximum absolute atomic E-state index is 13.7. The first-order valence-corrected chi connectivity index (χ1v) is 12.8. The van der Waals surface area contributed by atoms with E-state index in [-0.39, 0.29) is 23.7 Å². The number of sulfonamides is 1. The van der Waals surface area contributed by atoms with Crippen LogP contribution in [0.5, 0.6) is 5.75 Å². The molecule has 0 bridgehead atoms. The van der Waals surface area contributed by atoms with Gasteiger partial charge in [0.2, 0.25) is 10.0 Å². The van der Waals surface area contributed by atoms with Crippen molar-refractivity contribution in [3.05, 3.63) is 90.5 Å². The highest BCUT2D eigenvalue weighted by molar-refractivity contribution is 7.89. The molecule has 0 saturated heterocycles. The van der Waals surface area contributed by atoms with Crippen LogP contribution in [0.1, 0.15) is 11.3 Å². The third kappa shape index (κ3) is 4.98. The van der Waals surface area contributed by atoms with E-state index >= 15 is 0 Å². The van der Waals surface area contributed by atoms with Gasteiger partial charge in [-0.15, -0.1) is 0 Å². The third-order valence-electron chi connectivity index (χ3n) is 4.66. The summed E-state index contributed by atoms with van der Waals surface area (Å²) < 4.78 is 61.5. The van der Waals surface area contributed by atoms with Crippen LogP contribution in [0.4, 0.5) is 0 Å². The standard InChI is InChI=1S/C22H20N2O6S2/c1-31(25,26)30-19-11-9-17(10-12-19)15-24(16-20-7-4-14-29-20)32(27,28)21-8-2-5-18-6-3-13-23-22(18)21/h2-14H,15-16H2,1H3. The number of fused-ring (bicyclic) bond motifs is 1. The van der Waals surface area contributed by atoms with Crippen LogP contribution in [-0.4, -0.2) is 32.4 Å². The molecule has 4 rings (SSSR count). The Morgan fingerprint density at radius 2 is 1.66 bits per heavy atom. The van der Waals surface area contributed by atoms with Crippen LogP contribution in [0.3, 0.4) is 0 Å². The van der Waals surface area contributed by atoms with Crippen molar-refractivity contribution in [3.8, 4) is 5.75 Å². The number of furan rings is 1. The van der Waals surface area contributed by atoms with Crippen molar-refractivity contribution in [1.29, 1.82) is 0 Å². The minimum atomic E-state index is -3.96. The number of aromatic nitrogens is 1. The number of nitrogens with zero attached hydrogens (tertiary/aromatic N) is 2. The molecule has 0 spiro atoms. The van der Waals surface area contributed by atoms with Gasteiger partial charge in [0.1, 0.15) is 16.4 Å². The summed E-state index contributed by atoms with van der Waals surface area (Å²) in [6.45, 7) is 0.0472. The summed E-state index contributed by atoms with van der Waals surface area (Å²) in [6, 6.07) is 18.2. The molecule has 10 heteroatoms. The molecule has 2 aromatic heterocycles. The SMILES string of the molecule is CS(=O)(=O)Oc1ccc(CN(Cc2ccco2)S(=O)(=O)c2cccc3cccnc23)cc1. The van der Waals surface area contributed by atoms with E-state index in [1.807, 2.05) is 0 Å². The van der Waals surface area contributed by atoms with Crippen molar-refractivity contribution >= 4 is 31.0 Å². The van der Waals surface area contributed by atoms with Gasteiger partial charge in [0.05, 0.1) is 24.6 Å². The topological polar surface area (TPSA) is 107 Å². The summed E-state index contributed by atoms with van der Waals surface area (Å²) in [5, 5.41) is 0.716. The van der Waals surface area contributed by atoms with E-state index in [2.05, 4.69) is 4.98 Å². The predicted octanol–water partition coefficient (Wildman–Crippen LogP) is 3.56. The van der Waals surface area contributed by atoms with Gasteiger partial charge in [0.15, 0.2) is 0 Å². The maximum atomic E-state index is 13.7. The highest BCUT2D eigenvalue weighted by Crippen LogP contribution is 2.27. The molecule has 0 amide bonds. The van der Waals surface area contributed by atoms with Crippen LogP contribution in [0.15, 0.2) is 88.5 Å². The molecule has 2 aromatic carbocycles. The fourth-order valence-electron chi connectivity index (χ4n) is 3.25. The third-order valence-corrected chi connectivity index (χ3v) is 6.97. The molecule has 0 atom stereocenters. The lowest BCUT2D eigenvalue weighted by molar-refractivity contribution is 0.358. The van der Waals surface area contributed by atoms with Gasteiger partial charge in [0.25, 0.3) is 0 Å². The van der Waals surface area contributed by atoms with E-state index in [1.54, 1.807) is 54.7 Å². The second-order valence-electron chi connectivity index (χ2n) is 7.12. The van der Waals surface area contributed by atoms with Gasteiger partial charge >= 0.3 is 10.1 Å². The maximum Gasteiger partial charge on any atom is 0.306 e. The molecule has 0 saturated carbocycles. The van der Waals surface area contributed by atoms with Gasteiger partial charge < -0.3 is 8.60 Å². The van der Waals surface area contributed by atoms with Gasteiger partial charge in [-0.1, -0.05) is 30.3 Å². The average molecular weight is 473 g/mol. The van der Waals surface area contributed by atoms with Crippen molar-refractivity contribution in [1.82, 2.24) is 9.29 Å². The molecular formula is C22H20N2O6S2. The summed E-state index contributed by atoms with van der Waals surface area (Å²) in [5.74, 6) is 0.633. The van der Waals surface area contributed by atoms with Crippen LogP contribution in [0.2, 0.25) is 0 Å². The second-order valence-corrected chi connectivity index (χ2v) is 10.6. The number of benzene rings is 2. The van der Waals surface area contributed by atoms with Gasteiger partial charge in [-0.2, -0.15) is 12.7 Å². The zero-order valence-corrected chi connectivity index (χ0v) is 18.7. The van der Waals surface area contributed by atoms with E-state index in [0.717, 1.165) is 6.26 Å². The average Bonchev–Trinajstić information content (AvgIpc) is 3.26. The Morgan fingerprint density at radius 1 is 0.906 bits per heavy atom. The zero-order chi connectivity index (χ0) is 22.8. The first-order chi connectivity index (χ1) is 15.2. The molecule has 0 aliphatic carbocycles. The Bertz CT molecular complexity index is 1430. The molecule has 0 unspecified atom stereocenters. The highest BCUT2D eigenvalue weighted by atomic mass is 32.2. The lowest BCUT2D eigenvalue weighted by atomic mass is 10.2. The highest BCUT2D eigenvalue weighted by Gasteiger charge is 2.28. The number of rotatable bonds is 8. The molecule has 0 N–H and O–H groups in total. The molecule has 2 heterocycles. The lowest BCUT2D eigenvalue weighted by Crippen LogP contribution is -2.30. The van der Waals surface area contributed by atoms with Crippen LogP contribution >= 0.6 is 0 Å². The quantitative estimate of drug-likeness (QED) is 0.361. The number of hydrogen-bond donors (Lipinski definition) is 0. The first kappa shape index (κ1) is 22.0. The van der Waals surface area contributed by atoms with Crippen molar-refractivity contribution in [2.45, 2.75) is 18.0 Å². The fraction of sp³-hybridized carbons (Fsp3) is 0.136. The van der Waals surface area contributed by atoms with Crippen molar-refractivity contribution < 1.29 is 25.4 Å². The van der Waals surface area contributed by atoms with E-state index < -0.39 is 20.1 Å². The van der Waals surface area contributed by atoms with Gasteiger partial charge in [-0.25, -0.2) is 8.42 Å². The largest absolute Gasteiger partial charge is 0.468 e. The fourth-order valence-corrected chi connectivity index (χ4v) is 5.28. The molecule has 0 aliphatic rings. The van der Waals surface area contributed by atoms with Crippen molar-refractivity contribution in [2.75, 3.05) is 6.26 Å². The molecule has 0 fully saturated rings. The zero-order valence-electron chi connectivity index (χ0n) is 17.1. The van der Waals surface area contributed by atoms with Crippen LogP contribution in [0, 0.1) is 0 Å². The molecule has 166 valence electrons. The number of para-hydroxylation sites is 1. The molecule has 0 aliphatic heterocycles. The summed E-state index contributed by atoms with van der Waals surface area (Å²) in [5.41, 5.74) is 1.03. The molecule has 8 nitrogen and oxygen atoms in total. The number of pyridine rings is 1. The Kier molecular flexibility index (Phi) is 6.00. The lowest BCUT2D eigenvalue weighted by Gasteiger charge is -2.22. The Morgan fingerprint density at radius 3 is 2.34 bits per heavy atom.